The van der Waals surface area contributed by atoms with Crippen molar-refractivity contribution in [1.29, 1.82) is 0 Å². The quantitative estimate of drug-likeness (QED) is 0.323. The van der Waals surface area contributed by atoms with Gasteiger partial charge in [-0.3, -0.25) is 14.5 Å². The number of aromatic nitrogens is 2. The number of rotatable bonds is 6. The van der Waals surface area contributed by atoms with Crippen LogP contribution in [0.1, 0.15) is 64.1 Å². The van der Waals surface area contributed by atoms with Gasteiger partial charge < -0.3 is 9.47 Å². The number of hydrogen-bond donors (Lipinski definition) is 0. The van der Waals surface area contributed by atoms with E-state index in [1.165, 1.54) is 5.56 Å². The SMILES string of the molecule is Cc1nn(C)c(/C(OCOC(=O)C(C)(C)C)=C(/c2ccc(C(C)(C)C)cc2)C2C=N2)c1Cl. The maximum Gasteiger partial charge on any atom is 0.314 e. The fourth-order valence-corrected chi connectivity index (χ4v) is 3.54. The Labute approximate surface area is 195 Å². The van der Waals surface area contributed by atoms with Gasteiger partial charge in [-0.05, 0) is 44.2 Å². The zero-order chi connectivity index (χ0) is 23.8. The van der Waals surface area contributed by atoms with E-state index in [1.807, 2.05) is 20.2 Å². The van der Waals surface area contributed by atoms with Crippen molar-refractivity contribution < 1.29 is 14.3 Å². The molecule has 1 atom stereocenters. The van der Waals surface area contributed by atoms with Crippen molar-refractivity contribution in [2.45, 2.75) is 59.9 Å². The minimum atomic E-state index is -0.626. The van der Waals surface area contributed by atoms with Crippen LogP contribution < -0.4 is 0 Å². The summed E-state index contributed by atoms with van der Waals surface area (Å²) in [6.45, 7) is 13.5. The maximum atomic E-state index is 12.3. The van der Waals surface area contributed by atoms with Crippen molar-refractivity contribution in [1.82, 2.24) is 9.78 Å². The molecule has 0 amide bonds. The van der Waals surface area contributed by atoms with E-state index in [2.05, 4.69) is 55.1 Å². The van der Waals surface area contributed by atoms with Crippen molar-refractivity contribution in [3.63, 3.8) is 0 Å². The summed E-state index contributed by atoms with van der Waals surface area (Å²) < 4.78 is 13.2. The van der Waals surface area contributed by atoms with Crippen molar-refractivity contribution in [2.75, 3.05) is 6.79 Å². The lowest BCUT2D eigenvalue weighted by molar-refractivity contribution is -0.161. The molecule has 1 aliphatic heterocycles. The highest BCUT2D eigenvalue weighted by Crippen LogP contribution is 2.38. The minimum Gasteiger partial charge on any atom is -0.455 e. The summed E-state index contributed by atoms with van der Waals surface area (Å²) >= 11 is 6.62. The van der Waals surface area contributed by atoms with Gasteiger partial charge in [0.15, 0.2) is 5.76 Å². The first-order valence-electron chi connectivity index (χ1n) is 10.7. The Morgan fingerprint density at radius 1 is 1.09 bits per heavy atom. The van der Waals surface area contributed by atoms with Crippen molar-refractivity contribution in [3.8, 4) is 0 Å². The molecule has 2 aromatic rings. The van der Waals surface area contributed by atoms with E-state index in [4.69, 9.17) is 21.1 Å². The van der Waals surface area contributed by atoms with Gasteiger partial charge in [-0.25, -0.2) is 0 Å². The number of ether oxygens (including phenoxy) is 2. The molecule has 0 saturated heterocycles. The fraction of sp³-hybridized carbons (Fsp3) is 0.480. The van der Waals surface area contributed by atoms with Crippen LogP contribution in [0, 0.1) is 12.3 Å². The Hall–Kier alpha value is -2.60. The molecule has 1 aromatic carbocycles. The van der Waals surface area contributed by atoms with Gasteiger partial charge in [0.2, 0.25) is 6.79 Å². The number of aryl methyl sites for hydroxylation is 2. The van der Waals surface area contributed by atoms with E-state index in [0.29, 0.717) is 22.2 Å². The average Bonchev–Trinajstić information content (AvgIpc) is 3.47. The van der Waals surface area contributed by atoms with Gasteiger partial charge in [-0.15, -0.1) is 0 Å². The number of aliphatic imine (C=N–C) groups is 1. The maximum absolute atomic E-state index is 12.3. The molecule has 2 heterocycles. The second kappa shape index (κ2) is 8.74. The number of esters is 1. The molecule has 3 rings (SSSR count). The van der Waals surface area contributed by atoms with E-state index in [0.717, 1.165) is 11.1 Å². The van der Waals surface area contributed by atoms with Crippen LogP contribution in [0.2, 0.25) is 5.02 Å². The molecule has 7 heteroatoms. The molecule has 0 radical (unpaired) electrons. The molecule has 1 aromatic heterocycles. The largest absolute Gasteiger partial charge is 0.455 e. The van der Waals surface area contributed by atoms with Crippen LogP contribution in [0.5, 0.6) is 0 Å². The monoisotopic (exact) mass is 457 g/mol. The van der Waals surface area contributed by atoms with Gasteiger partial charge in [0, 0.05) is 18.8 Å². The van der Waals surface area contributed by atoms with Crippen LogP contribution in [0.3, 0.4) is 0 Å². The van der Waals surface area contributed by atoms with Gasteiger partial charge in [0.1, 0.15) is 11.7 Å². The van der Waals surface area contributed by atoms with Crippen molar-refractivity contribution >= 4 is 35.1 Å². The first kappa shape index (κ1) is 24.1. The number of hydrogen-bond acceptors (Lipinski definition) is 5. The molecule has 172 valence electrons. The summed E-state index contributed by atoms with van der Waals surface area (Å²) in [5.74, 6) is 0.161. The highest BCUT2D eigenvalue weighted by Gasteiger charge is 2.31. The number of carbonyl (C=O) groups excluding carboxylic acids is 1. The van der Waals surface area contributed by atoms with Crippen LogP contribution in [0.15, 0.2) is 29.3 Å². The number of benzene rings is 1. The number of carbonyl (C=O) groups is 1. The van der Waals surface area contributed by atoms with Crippen molar-refractivity contribution in [2.24, 2.45) is 17.5 Å². The summed E-state index contributed by atoms with van der Waals surface area (Å²) in [6, 6.07) is 8.24. The molecule has 32 heavy (non-hydrogen) atoms. The number of nitrogens with zero attached hydrogens (tertiary/aromatic N) is 3. The summed E-state index contributed by atoms with van der Waals surface area (Å²) in [5, 5.41) is 4.93. The Morgan fingerprint density at radius 3 is 2.12 bits per heavy atom. The second-order valence-corrected chi connectivity index (χ2v) is 10.5. The van der Waals surface area contributed by atoms with Gasteiger partial charge in [0.25, 0.3) is 0 Å². The first-order chi connectivity index (χ1) is 14.8. The smallest absolute Gasteiger partial charge is 0.314 e. The van der Waals surface area contributed by atoms with Gasteiger partial charge in [-0.1, -0.05) is 56.6 Å². The first-order valence-corrected chi connectivity index (χ1v) is 11.1. The molecule has 0 fully saturated rings. The van der Waals surface area contributed by atoms with Gasteiger partial charge in [-0.2, -0.15) is 5.10 Å². The molecule has 0 bridgehead atoms. The molecule has 0 aliphatic carbocycles. The van der Waals surface area contributed by atoms with E-state index >= 15 is 0 Å². The molecule has 0 N–H and O–H groups in total. The van der Waals surface area contributed by atoms with Crippen LogP contribution in [0.4, 0.5) is 0 Å². The molecule has 1 unspecified atom stereocenters. The Bertz CT molecular complexity index is 1060. The fourth-order valence-electron chi connectivity index (χ4n) is 3.29. The summed E-state index contributed by atoms with van der Waals surface area (Å²) in [5.41, 5.74) is 3.79. The third-order valence-electron chi connectivity index (χ3n) is 5.27. The third kappa shape index (κ3) is 5.23. The van der Waals surface area contributed by atoms with Crippen LogP contribution >= 0.6 is 11.6 Å². The lowest BCUT2D eigenvalue weighted by Crippen LogP contribution is -2.24. The highest BCUT2D eigenvalue weighted by atomic mass is 35.5. The minimum absolute atomic E-state index is 0.0431. The highest BCUT2D eigenvalue weighted by molar-refractivity contribution is 6.33. The van der Waals surface area contributed by atoms with Crippen LogP contribution in [-0.2, 0) is 26.7 Å². The molecule has 1 aliphatic rings. The Balaban J connectivity index is 2.07. The predicted octanol–water partition coefficient (Wildman–Crippen LogP) is 5.56. The summed E-state index contributed by atoms with van der Waals surface area (Å²) in [6.07, 6.45) is 1.86. The lowest BCUT2D eigenvalue weighted by atomic mass is 9.86. The average molecular weight is 458 g/mol. The zero-order valence-electron chi connectivity index (χ0n) is 20.1. The van der Waals surface area contributed by atoms with Crippen molar-refractivity contribution in [3.05, 3.63) is 51.8 Å². The predicted molar refractivity (Wildman–Crippen MR) is 129 cm³/mol. The van der Waals surface area contributed by atoms with E-state index in [9.17, 15) is 4.79 Å². The van der Waals surface area contributed by atoms with E-state index in [1.54, 1.807) is 25.5 Å². The Morgan fingerprint density at radius 2 is 1.69 bits per heavy atom. The van der Waals surface area contributed by atoms with Gasteiger partial charge in [0.05, 0.1) is 16.1 Å². The summed E-state index contributed by atoms with van der Waals surface area (Å²) in [4.78, 5) is 16.7. The topological polar surface area (TPSA) is 65.7 Å². The van der Waals surface area contributed by atoms with Crippen LogP contribution in [-0.4, -0.2) is 34.8 Å². The third-order valence-corrected chi connectivity index (χ3v) is 5.72. The standard InChI is InChI=1S/C25H32ClN3O3/c1-15-20(26)21(29(8)28-15)22(31-14-32-23(30)25(5,6)7)19(18-13-27-18)16-9-11-17(12-10-16)24(2,3)4/h9-13,18H,14H2,1-8H3/b22-19+. The van der Waals surface area contributed by atoms with E-state index in [-0.39, 0.29) is 24.2 Å². The van der Waals surface area contributed by atoms with E-state index < -0.39 is 5.41 Å². The lowest BCUT2D eigenvalue weighted by Gasteiger charge is -2.21. The molecular weight excluding hydrogens is 426 g/mol. The van der Waals surface area contributed by atoms with Gasteiger partial charge >= 0.3 is 5.97 Å². The van der Waals surface area contributed by atoms with Crippen LogP contribution in [0.25, 0.3) is 11.3 Å². The zero-order valence-corrected chi connectivity index (χ0v) is 20.9. The molecular formula is C25H32ClN3O3. The second-order valence-electron chi connectivity index (χ2n) is 10.1. The summed E-state index contributed by atoms with van der Waals surface area (Å²) in [7, 11) is 1.81. The Kier molecular flexibility index (Phi) is 6.57. The molecule has 6 nitrogen and oxygen atoms in total. The molecule has 0 saturated carbocycles. The molecule has 0 spiro atoms. The number of halogens is 1. The normalized spacial score (nSPS) is 16.6.